The van der Waals surface area contributed by atoms with Gasteiger partial charge < -0.3 is 11.1 Å². The molecule has 1 rings (SSSR count). The zero-order valence-electron chi connectivity index (χ0n) is 11.7. The largest absolute Gasteiger partial charge is 0.368 e. The highest BCUT2D eigenvalue weighted by Crippen LogP contribution is 2.18. The van der Waals surface area contributed by atoms with Gasteiger partial charge in [-0.2, -0.15) is 0 Å². The van der Waals surface area contributed by atoms with E-state index in [0.717, 1.165) is 17.3 Å². The lowest BCUT2D eigenvalue weighted by Crippen LogP contribution is -2.55. The van der Waals surface area contributed by atoms with Crippen molar-refractivity contribution in [3.63, 3.8) is 0 Å². The Bertz CT molecular complexity index is 399. The number of hydrogen-bond donors (Lipinski definition) is 2. The van der Waals surface area contributed by atoms with Crippen molar-refractivity contribution in [3.05, 3.63) is 18.5 Å². The number of carbonyl (C=O) groups is 1. The maximum Gasteiger partial charge on any atom is 0.237 e. The minimum Gasteiger partial charge on any atom is -0.368 e. The maximum atomic E-state index is 11.5. The van der Waals surface area contributed by atoms with Gasteiger partial charge in [-0.05, 0) is 39.7 Å². The molecule has 6 heteroatoms. The molecule has 19 heavy (non-hydrogen) atoms. The molecule has 0 saturated carbocycles. The number of carbonyl (C=O) groups excluding carboxylic acids is 1. The number of hydrogen-bond acceptors (Lipinski definition) is 5. The fourth-order valence-electron chi connectivity index (χ4n) is 1.85. The summed E-state index contributed by atoms with van der Waals surface area (Å²) >= 11 is 1.59. The summed E-state index contributed by atoms with van der Waals surface area (Å²) in [6, 6.07) is 2.02. The van der Waals surface area contributed by atoms with Crippen LogP contribution in [0.25, 0.3) is 0 Å². The molecule has 0 saturated heterocycles. The second-order valence-corrected chi connectivity index (χ2v) is 6.04. The third-order valence-electron chi connectivity index (χ3n) is 2.75. The summed E-state index contributed by atoms with van der Waals surface area (Å²) < 4.78 is 0. The van der Waals surface area contributed by atoms with E-state index in [9.17, 15) is 4.79 Å². The van der Waals surface area contributed by atoms with E-state index in [4.69, 9.17) is 5.73 Å². The molecule has 0 aliphatic heterocycles. The molecule has 0 aliphatic rings. The molecule has 1 atom stereocenters. The molecule has 0 fully saturated rings. The summed E-state index contributed by atoms with van der Waals surface area (Å²) in [7, 11) is 0. The molecule has 3 N–H and O–H groups in total. The van der Waals surface area contributed by atoms with Crippen LogP contribution < -0.4 is 11.1 Å². The smallest absolute Gasteiger partial charge is 0.237 e. The Morgan fingerprint density at radius 1 is 1.47 bits per heavy atom. The van der Waals surface area contributed by atoms with Crippen molar-refractivity contribution in [2.45, 2.75) is 50.4 Å². The average molecular weight is 282 g/mol. The Hall–Kier alpha value is -1.14. The third kappa shape index (κ3) is 5.57. The van der Waals surface area contributed by atoms with E-state index in [2.05, 4.69) is 15.3 Å². The number of aromatic nitrogens is 2. The minimum atomic E-state index is -0.647. The number of primary amides is 1. The van der Waals surface area contributed by atoms with Gasteiger partial charge in [0.15, 0.2) is 5.16 Å². The van der Waals surface area contributed by atoms with Crippen molar-refractivity contribution in [1.82, 2.24) is 15.3 Å². The normalized spacial score (nSPS) is 14.3. The average Bonchev–Trinajstić information content (AvgIpc) is 2.35. The zero-order valence-corrected chi connectivity index (χ0v) is 12.5. The number of nitrogens with two attached hydrogens (primary N) is 1. The molecule has 1 amide bonds. The number of nitrogens with one attached hydrogen (secondary N) is 1. The van der Waals surface area contributed by atoms with E-state index >= 15 is 0 Å². The van der Waals surface area contributed by atoms with Gasteiger partial charge in [0.1, 0.15) is 0 Å². The Labute approximate surface area is 118 Å². The monoisotopic (exact) mass is 282 g/mol. The van der Waals surface area contributed by atoms with Gasteiger partial charge in [0.05, 0.1) is 5.54 Å². The van der Waals surface area contributed by atoms with Crippen LogP contribution in [0.4, 0.5) is 0 Å². The number of amides is 1. The van der Waals surface area contributed by atoms with Gasteiger partial charge in [-0.15, -0.1) is 0 Å². The molecule has 1 aromatic heterocycles. The van der Waals surface area contributed by atoms with Crippen LogP contribution in [-0.2, 0) is 4.79 Å². The van der Waals surface area contributed by atoms with Crippen LogP contribution in [-0.4, -0.2) is 33.2 Å². The van der Waals surface area contributed by atoms with E-state index in [1.54, 1.807) is 30.2 Å². The first kappa shape index (κ1) is 15.9. The van der Waals surface area contributed by atoms with Gasteiger partial charge in [-0.3, -0.25) is 4.79 Å². The second kappa shape index (κ2) is 7.45. The van der Waals surface area contributed by atoms with Gasteiger partial charge in [0.25, 0.3) is 0 Å². The first-order valence-electron chi connectivity index (χ1n) is 6.41. The molecule has 5 nitrogen and oxygen atoms in total. The number of thioether (sulfide) groups is 1. The lowest BCUT2D eigenvalue weighted by Gasteiger charge is -2.29. The number of rotatable bonds is 8. The predicted octanol–water partition coefficient (Wildman–Crippen LogP) is 1.59. The molecule has 0 radical (unpaired) electrons. The second-order valence-electron chi connectivity index (χ2n) is 4.98. The van der Waals surface area contributed by atoms with Crippen LogP contribution in [0.15, 0.2) is 23.6 Å². The Morgan fingerprint density at radius 2 is 2.11 bits per heavy atom. The van der Waals surface area contributed by atoms with Crippen molar-refractivity contribution >= 4 is 17.7 Å². The summed E-state index contributed by atoms with van der Waals surface area (Å²) in [5, 5.41) is 4.00. The van der Waals surface area contributed by atoms with Gasteiger partial charge in [0.2, 0.25) is 5.91 Å². The standard InChI is InChI=1S/C13H22N4OS/c1-10(2)17-13(3,11(14)18)6-4-9-19-12-15-7-5-8-16-12/h5,7-8,10,17H,4,6,9H2,1-3H3,(H2,14,18). The van der Waals surface area contributed by atoms with Crippen LogP contribution in [0, 0.1) is 0 Å². The van der Waals surface area contributed by atoms with E-state index in [-0.39, 0.29) is 11.9 Å². The molecule has 1 heterocycles. The fourth-order valence-corrected chi connectivity index (χ4v) is 2.59. The van der Waals surface area contributed by atoms with E-state index < -0.39 is 5.54 Å². The first-order chi connectivity index (χ1) is 8.94. The molecule has 0 aromatic carbocycles. The molecule has 0 spiro atoms. The molecule has 106 valence electrons. The Kier molecular flexibility index (Phi) is 6.24. The molecular weight excluding hydrogens is 260 g/mol. The molecule has 1 unspecified atom stereocenters. The fraction of sp³-hybridized carbons (Fsp3) is 0.615. The molecule has 1 aromatic rings. The number of nitrogens with zero attached hydrogens (tertiary/aromatic N) is 2. The van der Waals surface area contributed by atoms with Crippen LogP contribution in [0.2, 0.25) is 0 Å². The highest BCUT2D eigenvalue weighted by molar-refractivity contribution is 7.99. The first-order valence-corrected chi connectivity index (χ1v) is 7.40. The van der Waals surface area contributed by atoms with Crippen molar-refractivity contribution in [2.75, 3.05) is 5.75 Å². The predicted molar refractivity (Wildman–Crippen MR) is 77.9 cm³/mol. The van der Waals surface area contributed by atoms with E-state index in [1.807, 2.05) is 20.8 Å². The highest BCUT2D eigenvalue weighted by atomic mass is 32.2. The molecule has 0 aliphatic carbocycles. The summed E-state index contributed by atoms with van der Waals surface area (Å²) in [5.41, 5.74) is 4.83. The van der Waals surface area contributed by atoms with E-state index in [0.29, 0.717) is 6.42 Å². The van der Waals surface area contributed by atoms with Gasteiger partial charge in [0, 0.05) is 24.2 Å². The summed E-state index contributed by atoms with van der Waals surface area (Å²) in [6.45, 7) is 5.88. The Balaban J connectivity index is 2.39. The van der Waals surface area contributed by atoms with Crippen molar-refractivity contribution < 1.29 is 4.79 Å². The van der Waals surface area contributed by atoms with Crippen LogP contribution >= 0.6 is 11.8 Å². The summed E-state index contributed by atoms with van der Waals surface area (Å²) in [5.74, 6) is 0.564. The van der Waals surface area contributed by atoms with Gasteiger partial charge in [-0.25, -0.2) is 9.97 Å². The van der Waals surface area contributed by atoms with Crippen molar-refractivity contribution in [2.24, 2.45) is 5.73 Å². The lowest BCUT2D eigenvalue weighted by molar-refractivity contribution is -0.124. The maximum absolute atomic E-state index is 11.5. The zero-order chi connectivity index (χ0) is 14.3. The van der Waals surface area contributed by atoms with Crippen LogP contribution in [0.1, 0.15) is 33.6 Å². The highest BCUT2D eigenvalue weighted by Gasteiger charge is 2.30. The summed E-state index contributed by atoms with van der Waals surface area (Å²) in [4.78, 5) is 19.8. The van der Waals surface area contributed by atoms with E-state index in [1.165, 1.54) is 0 Å². The topological polar surface area (TPSA) is 80.9 Å². The third-order valence-corrected chi connectivity index (χ3v) is 3.71. The minimum absolute atomic E-state index is 0.225. The van der Waals surface area contributed by atoms with Crippen LogP contribution in [0.5, 0.6) is 0 Å². The SMILES string of the molecule is CC(C)NC(C)(CCCSc1ncccn1)C(N)=O. The quantitative estimate of drug-likeness (QED) is 0.430. The molecular formula is C13H22N4OS. The lowest BCUT2D eigenvalue weighted by atomic mass is 9.94. The van der Waals surface area contributed by atoms with Gasteiger partial charge >= 0.3 is 0 Å². The van der Waals surface area contributed by atoms with Crippen LogP contribution in [0.3, 0.4) is 0 Å². The van der Waals surface area contributed by atoms with Gasteiger partial charge in [-0.1, -0.05) is 11.8 Å². The van der Waals surface area contributed by atoms with Crippen molar-refractivity contribution in [1.29, 1.82) is 0 Å². The summed E-state index contributed by atoms with van der Waals surface area (Å²) in [6.07, 6.45) is 5.04. The van der Waals surface area contributed by atoms with Crippen molar-refractivity contribution in [3.8, 4) is 0 Å². The Morgan fingerprint density at radius 3 is 2.63 bits per heavy atom. The molecule has 0 bridgehead atoms.